The first kappa shape index (κ1) is 21.7. The second kappa shape index (κ2) is 8.19. The Labute approximate surface area is 180 Å². The van der Waals surface area contributed by atoms with Crippen molar-refractivity contribution < 1.29 is 32.3 Å². The van der Waals surface area contributed by atoms with Gasteiger partial charge in [-0.1, -0.05) is 18.2 Å². The van der Waals surface area contributed by atoms with Crippen molar-refractivity contribution in [2.75, 3.05) is 0 Å². The van der Waals surface area contributed by atoms with Gasteiger partial charge in [-0.3, -0.25) is 34.7 Å². The zero-order chi connectivity index (χ0) is 23.0. The van der Waals surface area contributed by atoms with Crippen LogP contribution in [0.25, 0.3) is 0 Å². The van der Waals surface area contributed by atoms with Gasteiger partial charge in [0.15, 0.2) is 0 Å². The van der Waals surface area contributed by atoms with Gasteiger partial charge in [0.1, 0.15) is 0 Å². The summed E-state index contributed by atoms with van der Waals surface area (Å²) in [5, 5.41) is 4.32. The van der Waals surface area contributed by atoms with Crippen molar-refractivity contribution in [2.24, 2.45) is 0 Å². The minimum absolute atomic E-state index is 0.117. The zero-order valence-corrected chi connectivity index (χ0v) is 16.7. The molecule has 1 atom stereocenters. The minimum atomic E-state index is -4.73. The van der Waals surface area contributed by atoms with Crippen LogP contribution >= 0.6 is 0 Å². The molecule has 4 amide bonds. The number of hydrogen-bond acceptors (Lipinski definition) is 5. The Bertz CT molecular complexity index is 1130. The maximum Gasteiger partial charge on any atom is 0.417 e. The first-order chi connectivity index (χ1) is 15.1. The summed E-state index contributed by atoms with van der Waals surface area (Å²) in [6.07, 6.45) is -4.08. The number of benzene rings is 2. The molecule has 2 N–H and O–H groups in total. The van der Waals surface area contributed by atoms with Crippen LogP contribution in [0.5, 0.6) is 0 Å². The number of amides is 4. The maximum atomic E-state index is 13.1. The van der Waals surface area contributed by atoms with E-state index in [0.29, 0.717) is 19.5 Å². The van der Waals surface area contributed by atoms with Crippen LogP contribution in [-0.2, 0) is 28.9 Å². The fraction of sp³-hybridized carbons (Fsp3) is 0.273. The van der Waals surface area contributed by atoms with Crippen molar-refractivity contribution >= 4 is 23.6 Å². The van der Waals surface area contributed by atoms with E-state index >= 15 is 0 Å². The standard InChI is InChI=1S/C22H18F3N3O4/c23-22(24,25)16-4-2-1-3-15(16)20(31)27-19(30)12-5-6-13-10-28(11-14(13)9-12)17-7-8-18(29)26-21(17)32/h1-6,9,17H,7-8,10-11H2,(H,26,29,32)(H,27,30,31). The van der Waals surface area contributed by atoms with Gasteiger partial charge in [-0.2, -0.15) is 13.2 Å². The molecule has 2 aromatic rings. The summed E-state index contributed by atoms with van der Waals surface area (Å²) >= 11 is 0. The number of alkyl halides is 3. The van der Waals surface area contributed by atoms with Crippen molar-refractivity contribution in [3.63, 3.8) is 0 Å². The molecule has 2 aromatic carbocycles. The first-order valence-electron chi connectivity index (χ1n) is 9.85. The number of carbonyl (C=O) groups is 4. The molecule has 1 saturated heterocycles. The lowest BCUT2D eigenvalue weighted by Gasteiger charge is -2.29. The molecule has 2 aliphatic rings. The van der Waals surface area contributed by atoms with E-state index < -0.39 is 35.2 Å². The van der Waals surface area contributed by atoms with Crippen molar-refractivity contribution in [3.8, 4) is 0 Å². The Hall–Kier alpha value is -3.53. The molecule has 0 spiro atoms. The van der Waals surface area contributed by atoms with E-state index in [0.717, 1.165) is 29.3 Å². The summed E-state index contributed by atoms with van der Waals surface area (Å²) in [7, 11) is 0. The molecule has 0 saturated carbocycles. The molecular formula is C22H18F3N3O4. The summed E-state index contributed by atoms with van der Waals surface area (Å²) in [6.45, 7) is 0.828. The molecule has 1 fully saturated rings. The zero-order valence-electron chi connectivity index (χ0n) is 16.7. The van der Waals surface area contributed by atoms with Crippen molar-refractivity contribution in [1.82, 2.24) is 15.5 Å². The molecule has 4 rings (SSSR count). The lowest BCUT2D eigenvalue weighted by molar-refractivity contribution is -0.139. The van der Waals surface area contributed by atoms with Gasteiger partial charge in [0.05, 0.1) is 17.2 Å². The van der Waals surface area contributed by atoms with Gasteiger partial charge in [-0.25, -0.2) is 0 Å². The second-order valence-electron chi connectivity index (χ2n) is 7.68. The SMILES string of the molecule is O=C1CCC(N2Cc3ccc(C(=O)NC(=O)c4ccccc4C(F)(F)F)cc3C2)C(=O)N1. The van der Waals surface area contributed by atoms with Gasteiger partial charge in [-0.05, 0) is 41.8 Å². The Morgan fingerprint density at radius 1 is 1.00 bits per heavy atom. The fourth-order valence-corrected chi connectivity index (χ4v) is 3.98. The highest BCUT2D eigenvalue weighted by atomic mass is 19.4. The number of halogens is 3. The third-order valence-electron chi connectivity index (χ3n) is 5.57. The van der Waals surface area contributed by atoms with E-state index in [4.69, 9.17) is 0 Å². The third kappa shape index (κ3) is 4.26. The lowest BCUT2D eigenvalue weighted by Crippen LogP contribution is -2.50. The van der Waals surface area contributed by atoms with Gasteiger partial charge in [0, 0.05) is 25.1 Å². The monoisotopic (exact) mass is 445 g/mol. The van der Waals surface area contributed by atoms with E-state index in [2.05, 4.69) is 5.32 Å². The summed E-state index contributed by atoms with van der Waals surface area (Å²) in [6, 6.07) is 8.49. The highest BCUT2D eigenvalue weighted by Crippen LogP contribution is 2.32. The van der Waals surface area contributed by atoms with E-state index in [1.165, 1.54) is 12.1 Å². The fourth-order valence-electron chi connectivity index (χ4n) is 3.98. The van der Waals surface area contributed by atoms with Crippen LogP contribution in [0, 0.1) is 0 Å². The predicted molar refractivity (Wildman–Crippen MR) is 105 cm³/mol. The second-order valence-corrected chi connectivity index (χ2v) is 7.68. The summed E-state index contributed by atoms with van der Waals surface area (Å²) < 4.78 is 39.4. The molecule has 2 aliphatic heterocycles. The highest BCUT2D eigenvalue weighted by molar-refractivity contribution is 6.11. The van der Waals surface area contributed by atoms with Crippen LogP contribution in [0.3, 0.4) is 0 Å². The number of hydrogen-bond donors (Lipinski definition) is 2. The Balaban J connectivity index is 1.47. The topological polar surface area (TPSA) is 95.6 Å². The van der Waals surface area contributed by atoms with Gasteiger partial charge in [0.25, 0.3) is 11.8 Å². The highest BCUT2D eigenvalue weighted by Gasteiger charge is 2.36. The molecule has 10 heteroatoms. The van der Waals surface area contributed by atoms with Gasteiger partial charge in [0.2, 0.25) is 11.8 Å². The minimum Gasteiger partial charge on any atom is -0.295 e. The molecule has 1 unspecified atom stereocenters. The number of fused-ring (bicyclic) bond motifs is 1. The van der Waals surface area contributed by atoms with E-state index in [1.54, 1.807) is 12.1 Å². The smallest absolute Gasteiger partial charge is 0.295 e. The molecule has 32 heavy (non-hydrogen) atoms. The Morgan fingerprint density at radius 2 is 1.72 bits per heavy atom. The molecule has 7 nitrogen and oxygen atoms in total. The average molecular weight is 445 g/mol. The lowest BCUT2D eigenvalue weighted by atomic mass is 10.0. The average Bonchev–Trinajstić information content (AvgIpc) is 3.16. The van der Waals surface area contributed by atoms with E-state index in [9.17, 15) is 32.3 Å². The number of piperidine rings is 1. The van der Waals surface area contributed by atoms with E-state index in [1.807, 2.05) is 10.2 Å². The van der Waals surface area contributed by atoms with Gasteiger partial charge in [-0.15, -0.1) is 0 Å². The summed E-state index contributed by atoms with van der Waals surface area (Å²) in [5.41, 5.74) is 0.00914. The number of rotatable bonds is 3. The number of imide groups is 2. The van der Waals surface area contributed by atoms with Crippen LogP contribution in [0.2, 0.25) is 0 Å². The molecule has 0 radical (unpaired) electrons. The van der Waals surface area contributed by atoms with Crippen LogP contribution in [0.15, 0.2) is 42.5 Å². The largest absolute Gasteiger partial charge is 0.417 e. The van der Waals surface area contributed by atoms with Crippen LogP contribution < -0.4 is 10.6 Å². The normalized spacial score (nSPS) is 18.8. The van der Waals surface area contributed by atoms with Crippen molar-refractivity contribution in [2.45, 2.75) is 38.1 Å². The first-order valence-corrected chi connectivity index (χ1v) is 9.85. The molecule has 0 aliphatic carbocycles. The quantitative estimate of drug-likeness (QED) is 0.708. The van der Waals surface area contributed by atoms with Crippen molar-refractivity contribution in [3.05, 3.63) is 70.3 Å². The van der Waals surface area contributed by atoms with Gasteiger partial charge >= 0.3 is 6.18 Å². The maximum absolute atomic E-state index is 13.1. The molecular weight excluding hydrogens is 427 g/mol. The number of nitrogens with one attached hydrogen (secondary N) is 2. The van der Waals surface area contributed by atoms with Crippen LogP contribution in [0.4, 0.5) is 13.2 Å². The Kier molecular flexibility index (Phi) is 5.55. The molecule has 166 valence electrons. The van der Waals surface area contributed by atoms with Crippen molar-refractivity contribution in [1.29, 1.82) is 0 Å². The van der Waals surface area contributed by atoms with Gasteiger partial charge < -0.3 is 0 Å². The molecule has 2 heterocycles. The summed E-state index contributed by atoms with van der Waals surface area (Å²) in [4.78, 5) is 50.2. The van der Waals surface area contributed by atoms with E-state index in [-0.39, 0.29) is 23.8 Å². The Morgan fingerprint density at radius 3 is 2.44 bits per heavy atom. The third-order valence-corrected chi connectivity index (χ3v) is 5.57. The number of carbonyl (C=O) groups excluding carboxylic acids is 4. The predicted octanol–water partition coefficient (Wildman–Crippen LogP) is 2.40. The molecule has 0 aromatic heterocycles. The summed E-state index contributed by atoms with van der Waals surface area (Å²) in [5.74, 6) is -2.64. The van der Waals surface area contributed by atoms with Crippen LogP contribution in [-0.4, -0.2) is 34.6 Å². The molecule has 0 bridgehead atoms. The number of nitrogens with zero attached hydrogens (tertiary/aromatic N) is 1. The van der Waals surface area contributed by atoms with Crippen LogP contribution in [0.1, 0.15) is 50.2 Å².